The zero-order valence-electron chi connectivity index (χ0n) is 12.6. The Morgan fingerprint density at radius 1 is 1.00 bits per heavy atom. The van der Waals surface area contributed by atoms with Gasteiger partial charge in [-0.3, -0.25) is 14.5 Å². The molecule has 6 heteroatoms. The van der Waals surface area contributed by atoms with Gasteiger partial charge in [-0.15, -0.1) is 0 Å². The molecule has 1 heterocycles. The number of anilines is 1. The van der Waals surface area contributed by atoms with E-state index in [-0.39, 0.29) is 12.1 Å². The number of imide groups is 1. The molecule has 0 radical (unpaired) electrons. The van der Waals surface area contributed by atoms with Gasteiger partial charge < -0.3 is 0 Å². The van der Waals surface area contributed by atoms with Gasteiger partial charge in [0.05, 0.1) is 17.2 Å². The minimum Gasteiger partial charge on any atom is -0.274 e. The lowest BCUT2D eigenvalue weighted by molar-refractivity contribution is -0.137. The van der Waals surface area contributed by atoms with Crippen LogP contribution in [0.4, 0.5) is 18.9 Å². The smallest absolute Gasteiger partial charge is 0.274 e. The van der Waals surface area contributed by atoms with Crippen LogP contribution in [0.5, 0.6) is 0 Å². The number of halogens is 3. The molecule has 1 saturated heterocycles. The first-order chi connectivity index (χ1) is 11.4. The van der Waals surface area contributed by atoms with Gasteiger partial charge in [0.25, 0.3) is 0 Å². The van der Waals surface area contributed by atoms with Crippen LogP contribution in [0.2, 0.25) is 0 Å². The van der Waals surface area contributed by atoms with E-state index in [0.717, 1.165) is 22.6 Å². The minimum absolute atomic E-state index is 0.00394. The lowest BCUT2D eigenvalue weighted by Gasteiger charge is -2.17. The van der Waals surface area contributed by atoms with E-state index < -0.39 is 29.5 Å². The van der Waals surface area contributed by atoms with E-state index in [2.05, 4.69) is 0 Å². The molecule has 0 bridgehead atoms. The van der Waals surface area contributed by atoms with Crippen LogP contribution in [0.25, 0.3) is 0 Å². The summed E-state index contributed by atoms with van der Waals surface area (Å²) in [4.78, 5) is 25.5. The van der Waals surface area contributed by atoms with Gasteiger partial charge in [-0.25, -0.2) is 0 Å². The Morgan fingerprint density at radius 2 is 1.71 bits per heavy atom. The second-order valence-electron chi connectivity index (χ2n) is 5.71. The number of carbonyl (C=O) groups excluding carboxylic acids is 2. The topological polar surface area (TPSA) is 37.4 Å². The van der Waals surface area contributed by atoms with Crippen molar-refractivity contribution in [1.82, 2.24) is 0 Å². The van der Waals surface area contributed by atoms with Crippen molar-refractivity contribution < 1.29 is 22.8 Å². The van der Waals surface area contributed by atoms with Crippen LogP contribution in [0.1, 0.15) is 17.5 Å². The first kappa shape index (κ1) is 16.2. The monoisotopic (exact) mass is 333 g/mol. The molecule has 0 aliphatic carbocycles. The minimum atomic E-state index is -4.52. The molecular formula is C18H14F3NO2. The van der Waals surface area contributed by atoms with Crippen molar-refractivity contribution >= 4 is 17.5 Å². The number of nitrogens with zero attached hydrogens (tertiary/aromatic N) is 1. The lowest BCUT2D eigenvalue weighted by Crippen LogP contribution is -2.31. The van der Waals surface area contributed by atoms with Crippen LogP contribution in [0, 0.1) is 5.92 Å². The predicted octanol–water partition coefficient (Wildman–Crippen LogP) is 3.83. The molecular weight excluding hydrogens is 319 g/mol. The Hall–Kier alpha value is -2.63. The van der Waals surface area contributed by atoms with Crippen LogP contribution >= 0.6 is 0 Å². The summed E-state index contributed by atoms with van der Waals surface area (Å²) in [6.07, 6.45) is -4.13. The second kappa shape index (κ2) is 6.11. The quantitative estimate of drug-likeness (QED) is 0.801. The summed E-state index contributed by atoms with van der Waals surface area (Å²) in [5.41, 5.74) is -0.00274. The van der Waals surface area contributed by atoms with E-state index in [1.807, 2.05) is 30.3 Å². The molecule has 3 nitrogen and oxygen atoms in total. The highest BCUT2D eigenvalue weighted by molar-refractivity contribution is 6.21. The zero-order valence-corrected chi connectivity index (χ0v) is 12.6. The van der Waals surface area contributed by atoms with Gasteiger partial charge in [0.1, 0.15) is 0 Å². The third-order valence-corrected chi connectivity index (χ3v) is 4.00. The highest BCUT2D eigenvalue weighted by Crippen LogP contribution is 2.34. The van der Waals surface area contributed by atoms with Crippen LogP contribution in [-0.2, 0) is 22.2 Å². The number of hydrogen-bond donors (Lipinski definition) is 0. The fourth-order valence-electron chi connectivity index (χ4n) is 2.85. The lowest BCUT2D eigenvalue weighted by atomic mass is 9.98. The molecule has 2 aromatic carbocycles. The van der Waals surface area contributed by atoms with E-state index in [4.69, 9.17) is 0 Å². The number of alkyl halides is 3. The molecule has 1 fully saturated rings. The highest BCUT2D eigenvalue weighted by atomic mass is 19.4. The Kier molecular flexibility index (Phi) is 4.13. The van der Waals surface area contributed by atoms with Crippen LogP contribution in [0.3, 0.4) is 0 Å². The molecule has 0 spiro atoms. The number of rotatable bonds is 3. The molecule has 2 amide bonds. The van der Waals surface area contributed by atoms with Crippen molar-refractivity contribution in [2.75, 3.05) is 4.90 Å². The second-order valence-corrected chi connectivity index (χ2v) is 5.71. The van der Waals surface area contributed by atoms with Gasteiger partial charge in [-0.1, -0.05) is 36.4 Å². The Morgan fingerprint density at radius 3 is 2.38 bits per heavy atom. The van der Waals surface area contributed by atoms with Crippen molar-refractivity contribution in [3.8, 4) is 0 Å². The van der Waals surface area contributed by atoms with Gasteiger partial charge in [-0.2, -0.15) is 13.2 Å². The molecule has 3 rings (SSSR count). The molecule has 0 aromatic heterocycles. The van der Waals surface area contributed by atoms with Gasteiger partial charge >= 0.3 is 6.18 Å². The molecule has 124 valence electrons. The zero-order chi connectivity index (χ0) is 17.3. The normalized spacial score (nSPS) is 18.3. The summed E-state index contributed by atoms with van der Waals surface area (Å²) in [5.74, 6) is -1.47. The SMILES string of the molecule is O=C1C[C@@H](Cc2ccccc2)C(=O)N1c1cccc(C(F)(F)F)c1. The van der Waals surface area contributed by atoms with Crippen molar-refractivity contribution in [2.24, 2.45) is 5.92 Å². The van der Waals surface area contributed by atoms with Crippen LogP contribution in [0.15, 0.2) is 54.6 Å². The first-order valence-corrected chi connectivity index (χ1v) is 7.44. The summed E-state index contributed by atoms with van der Waals surface area (Å²) in [7, 11) is 0. The average molecular weight is 333 g/mol. The standard InChI is InChI=1S/C18H14F3NO2/c19-18(20,21)14-7-4-8-15(11-14)22-16(23)10-13(17(22)24)9-12-5-2-1-3-6-12/h1-8,11,13H,9-10H2/t13-/m1/s1. The Labute approximate surface area is 136 Å². The fourth-order valence-corrected chi connectivity index (χ4v) is 2.85. The Balaban J connectivity index is 1.85. The van der Waals surface area contributed by atoms with Gasteiger partial charge in [0.2, 0.25) is 11.8 Å². The maximum atomic E-state index is 12.8. The molecule has 1 aliphatic heterocycles. The van der Waals surface area contributed by atoms with Crippen molar-refractivity contribution in [3.05, 3.63) is 65.7 Å². The molecule has 0 unspecified atom stereocenters. The molecule has 2 aromatic rings. The summed E-state index contributed by atoms with van der Waals surface area (Å²) >= 11 is 0. The van der Waals surface area contributed by atoms with Gasteiger partial charge in [0, 0.05) is 6.42 Å². The van der Waals surface area contributed by atoms with Crippen molar-refractivity contribution in [1.29, 1.82) is 0 Å². The molecule has 0 N–H and O–H groups in total. The molecule has 1 atom stereocenters. The van der Waals surface area contributed by atoms with Crippen molar-refractivity contribution in [2.45, 2.75) is 19.0 Å². The highest BCUT2D eigenvalue weighted by Gasteiger charge is 2.40. The summed E-state index contributed by atoms with van der Waals surface area (Å²) in [5, 5.41) is 0. The van der Waals surface area contributed by atoms with Gasteiger partial charge in [0.15, 0.2) is 0 Å². The number of carbonyl (C=O) groups is 2. The third kappa shape index (κ3) is 3.18. The van der Waals surface area contributed by atoms with E-state index in [9.17, 15) is 22.8 Å². The van der Waals surface area contributed by atoms with E-state index in [1.54, 1.807) is 0 Å². The maximum absolute atomic E-state index is 12.8. The van der Waals surface area contributed by atoms with Gasteiger partial charge in [-0.05, 0) is 30.2 Å². The number of amides is 2. The summed E-state index contributed by atoms with van der Waals surface area (Å²) in [6, 6.07) is 13.5. The van der Waals surface area contributed by atoms with Crippen molar-refractivity contribution in [3.63, 3.8) is 0 Å². The van der Waals surface area contributed by atoms with E-state index in [1.165, 1.54) is 12.1 Å². The summed E-state index contributed by atoms with van der Waals surface area (Å²) in [6.45, 7) is 0. The van der Waals surface area contributed by atoms with E-state index in [0.29, 0.717) is 6.42 Å². The summed E-state index contributed by atoms with van der Waals surface area (Å²) < 4.78 is 38.5. The molecule has 1 aliphatic rings. The maximum Gasteiger partial charge on any atom is 0.416 e. The average Bonchev–Trinajstić information content (AvgIpc) is 2.82. The van der Waals surface area contributed by atoms with E-state index >= 15 is 0 Å². The third-order valence-electron chi connectivity index (χ3n) is 4.00. The van der Waals surface area contributed by atoms with Crippen LogP contribution in [-0.4, -0.2) is 11.8 Å². The molecule has 0 saturated carbocycles. The largest absolute Gasteiger partial charge is 0.416 e. The first-order valence-electron chi connectivity index (χ1n) is 7.44. The number of benzene rings is 2. The number of hydrogen-bond acceptors (Lipinski definition) is 2. The fraction of sp³-hybridized carbons (Fsp3) is 0.222. The predicted molar refractivity (Wildman–Crippen MR) is 82.2 cm³/mol. The van der Waals surface area contributed by atoms with Crippen LogP contribution < -0.4 is 4.90 Å². The molecule has 24 heavy (non-hydrogen) atoms. The Bertz CT molecular complexity index is 771.